The summed E-state index contributed by atoms with van der Waals surface area (Å²) in [5, 5.41) is 5.32. The smallest absolute Gasteiger partial charge is 0.331 e. The minimum absolute atomic E-state index is 0.104. The van der Waals surface area contributed by atoms with Crippen LogP contribution in [0.15, 0.2) is 18.2 Å². The van der Waals surface area contributed by atoms with Gasteiger partial charge in [-0.2, -0.15) is 0 Å². The molecule has 0 atom stereocenters. The molecule has 1 aliphatic carbocycles. The molecule has 28 heavy (non-hydrogen) atoms. The van der Waals surface area contributed by atoms with Crippen LogP contribution >= 0.6 is 0 Å². The number of carbonyl (C=O) groups excluding carboxylic acids is 3. The van der Waals surface area contributed by atoms with Crippen molar-refractivity contribution in [2.24, 2.45) is 0 Å². The summed E-state index contributed by atoms with van der Waals surface area (Å²) in [6, 6.07) is 2.71. The molecule has 1 aliphatic rings. The van der Waals surface area contributed by atoms with E-state index in [0.717, 1.165) is 31.4 Å². The van der Waals surface area contributed by atoms with Crippen LogP contribution in [0.3, 0.4) is 0 Å². The number of carbonyl (C=O) groups is 3. The van der Waals surface area contributed by atoms with E-state index in [2.05, 4.69) is 10.6 Å². The lowest BCUT2D eigenvalue weighted by Gasteiger charge is -2.35. The maximum absolute atomic E-state index is 13.6. The molecule has 154 valence electrons. The normalized spacial score (nSPS) is 15.5. The van der Waals surface area contributed by atoms with Gasteiger partial charge in [0.2, 0.25) is 5.91 Å². The van der Waals surface area contributed by atoms with Crippen LogP contribution in [-0.2, 0) is 14.3 Å². The third kappa shape index (κ3) is 5.74. The molecule has 8 heteroatoms. The zero-order chi connectivity index (χ0) is 20.6. The molecule has 1 fully saturated rings. The van der Waals surface area contributed by atoms with E-state index in [0.29, 0.717) is 25.3 Å². The lowest BCUT2D eigenvalue weighted by molar-refractivity contribution is -0.155. The monoisotopic (exact) mass is 396 g/mol. The first-order valence-electron chi connectivity index (χ1n) is 9.59. The second-order valence-electron chi connectivity index (χ2n) is 6.90. The molecule has 1 aromatic rings. The van der Waals surface area contributed by atoms with Gasteiger partial charge < -0.3 is 15.4 Å². The summed E-state index contributed by atoms with van der Waals surface area (Å²) in [5.41, 5.74) is -1.22. The maximum Gasteiger partial charge on any atom is 0.331 e. The van der Waals surface area contributed by atoms with Gasteiger partial charge in [0, 0.05) is 19.0 Å². The van der Waals surface area contributed by atoms with E-state index >= 15 is 0 Å². The van der Waals surface area contributed by atoms with Crippen LogP contribution in [0.1, 0.15) is 62.2 Å². The molecule has 0 bridgehead atoms. The molecule has 0 unspecified atom stereocenters. The minimum Gasteiger partial charge on any atom is -0.464 e. The fraction of sp³-hybridized carbons (Fsp3) is 0.550. The Morgan fingerprint density at radius 3 is 2.50 bits per heavy atom. The molecule has 2 rings (SSSR count). The molecule has 0 radical (unpaired) electrons. The van der Waals surface area contributed by atoms with Crippen LogP contribution in [0.2, 0.25) is 0 Å². The second-order valence-corrected chi connectivity index (χ2v) is 6.90. The van der Waals surface area contributed by atoms with Gasteiger partial charge in [0.25, 0.3) is 5.91 Å². The number of benzene rings is 1. The van der Waals surface area contributed by atoms with Crippen molar-refractivity contribution >= 4 is 17.8 Å². The zero-order valence-electron chi connectivity index (χ0n) is 16.0. The SMILES string of the molecule is CCOC(=O)C1(NC(=O)CCCNC(=O)c2ccc(F)cc2F)CCCCC1. The highest BCUT2D eigenvalue weighted by atomic mass is 19.1. The first kappa shape index (κ1) is 21.8. The molecule has 1 aromatic carbocycles. The summed E-state index contributed by atoms with van der Waals surface area (Å²) in [4.78, 5) is 36.5. The van der Waals surface area contributed by atoms with Gasteiger partial charge in [0.05, 0.1) is 12.2 Å². The second kappa shape index (κ2) is 10.1. The van der Waals surface area contributed by atoms with Crippen molar-refractivity contribution < 1.29 is 27.9 Å². The molecule has 6 nitrogen and oxygen atoms in total. The Morgan fingerprint density at radius 1 is 1.14 bits per heavy atom. The van der Waals surface area contributed by atoms with Crippen molar-refractivity contribution in [3.63, 3.8) is 0 Å². The largest absolute Gasteiger partial charge is 0.464 e. The van der Waals surface area contributed by atoms with E-state index in [1.165, 1.54) is 0 Å². The highest BCUT2D eigenvalue weighted by Crippen LogP contribution is 2.29. The van der Waals surface area contributed by atoms with E-state index in [1.807, 2.05) is 0 Å². The maximum atomic E-state index is 13.6. The van der Waals surface area contributed by atoms with Crippen LogP contribution in [0.4, 0.5) is 8.78 Å². The number of amides is 2. The molecular weight excluding hydrogens is 370 g/mol. The number of nitrogens with one attached hydrogen (secondary N) is 2. The third-order valence-corrected chi connectivity index (χ3v) is 4.79. The van der Waals surface area contributed by atoms with Gasteiger partial charge in [-0.15, -0.1) is 0 Å². The Kier molecular flexibility index (Phi) is 7.90. The topological polar surface area (TPSA) is 84.5 Å². The lowest BCUT2D eigenvalue weighted by atomic mass is 9.81. The Morgan fingerprint density at radius 2 is 1.86 bits per heavy atom. The first-order valence-corrected chi connectivity index (χ1v) is 9.59. The van der Waals surface area contributed by atoms with Gasteiger partial charge in [-0.25, -0.2) is 13.6 Å². The summed E-state index contributed by atoms with van der Waals surface area (Å²) in [7, 11) is 0. The highest BCUT2D eigenvalue weighted by Gasteiger charge is 2.42. The summed E-state index contributed by atoms with van der Waals surface area (Å²) < 4.78 is 31.6. The Bertz CT molecular complexity index is 718. The number of rotatable bonds is 8. The van der Waals surface area contributed by atoms with E-state index in [9.17, 15) is 23.2 Å². The molecule has 2 amide bonds. The van der Waals surface area contributed by atoms with E-state index < -0.39 is 29.0 Å². The van der Waals surface area contributed by atoms with Crippen LogP contribution in [0.25, 0.3) is 0 Å². The average Bonchev–Trinajstić information content (AvgIpc) is 2.66. The Hall–Kier alpha value is -2.51. The van der Waals surface area contributed by atoms with Crippen LogP contribution in [0, 0.1) is 11.6 Å². The van der Waals surface area contributed by atoms with Gasteiger partial charge in [-0.05, 0) is 38.3 Å². The zero-order valence-corrected chi connectivity index (χ0v) is 16.0. The number of esters is 1. The van der Waals surface area contributed by atoms with Crippen molar-refractivity contribution in [3.05, 3.63) is 35.4 Å². The quantitative estimate of drug-likeness (QED) is 0.523. The van der Waals surface area contributed by atoms with Crippen LogP contribution in [-0.4, -0.2) is 36.5 Å². The van der Waals surface area contributed by atoms with Crippen LogP contribution < -0.4 is 10.6 Å². The van der Waals surface area contributed by atoms with Gasteiger partial charge in [-0.3, -0.25) is 9.59 Å². The predicted molar refractivity (Wildman–Crippen MR) is 98.5 cm³/mol. The fourth-order valence-corrected chi connectivity index (χ4v) is 3.35. The van der Waals surface area contributed by atoms with E-state index in [-0.39, 0.29) is 31.0 Å². The molecule has 1 saturated carbocycles. The number of ether oxygens (including phenoxy) is 1. The predicted octanol–water partition coefficient (Wildman–Crippen LogP) is 2.86. The Labute approximate surface area is 163 Å². The van der Waals surface area contributed by atoms with Gasteiger partial charge in [0.1, 0.15) is 17.2 Å². The van der Waals surface area contributed by atoms with Crippen molar-refractivity contribution in [2.45, 2.75) is 57.4 Å². The molecular formula is C20H26F2N2O4. The van der Waals surface area contributed by atoms with E-state index in [4.69, 9.17) is 4.74 Å². The summed E-state index contributed by atoms with van der Waals surface area (Å²) in [5.74, 6) is -3.07. The first-order chi connectivity index (χ1) is 13.4. The number of hydrogen-bond donors (Lipinski definition) is 2. The lowest BCUT2D eigenvalue weighted by Crippen LogP contribution is -2.56. The summed E-state index contributed by atoms with van der Waals surface area (Å²) in [6.07, 6.45) is 4.24. The standard InChI is InChI=1S/C20H26F2N2O4/c1-2-28-19(27)20(10-4-3-5-11-20)24-17(25)7-6-12-23-18(26)15-9-8-14(21)13-16(15)22/h8-9,13H,2-7,10-12H2,1H3,(H,23,26)(H,24,25). The molecule has 0 spiro atoms. The van der Waals surface area contributed by atoms with E-state index in [1.54, 1.807) is 6.92 Å². The van der Waals surface area contributed by atoms with Gasteiger partial charge in [-0.1, -0.05) is 19.3 Å². The highest BCUT2D eigenvalue weighted by molar-refractivity contribution is 5.94. The molecule has 0 saturated heterocycles. The van der Waals surface area contributed by atoms with Crippen LogP contribution in [0.5, 0.6) is 0 Å². The summed E-state index contributed by atoms with van der Waals surface area (Å²) in [6.45, 7) is 2.13. The Balaban J connectivity index is 1.81. The molecule has 0 heterocycles. The minimum atomic E-state index is -0.966. The molecule has 2 N–H and O–H groups in total. The number of hydrogen-bond acceptors (Lipinski definition) is 4. The van der Waals surface area contributed by atoms with Gasteiger partial charge in [0.15, 0.2) is 0 Å². The van der Waals surface area contributed by atoms with Crippen molar-refractivity contribution in [2.75, 3.05) is 13.2 Å². The molecule has 0 aromatic heterocycles. The fourth-order valence-electron chi connectivity index (χ4n) is 3.35. The third-order valence-electron chi connectivity index (χ3n) is 4.79. The molecule has 0 aliphatic heterocycles. The average molecular weight is 396 g/mol. The number of halogens is 2. The van der Waals surface area contributed by atoms with Crippen molar-refractivity contribution in [3.8, 4) is 0 Å². The van der Waals surface area contributed by atoms with Gasteiger partial charge >= 0.3 is 5.97 Å². The van der Waals surface area contributed by atoms with Crippen molar-refractivity contribution in [1.29, 1.82) is 0 Å². The van der Waals surface area contributed by atoms with Crippen molar-refractivity contribution in [1.82, 2.24) is 10.6 Å². The summed E-state index contributed by atoms with van der Waals surface area (Å²) >= 11 is 0.